The Labute approximate surface area is 95.4 Å². The van der Waals surface area contributed by atoms with Crippen molar-refractivity contribution in [1.82, 2.24) is 10.2 Å². The maximum atomic E-state index is 3.37. The molecule has 0 aromatic carbocycles. The molecule has 0 bridgehead atoms. The second-order valence-corrected chi connectivity index (χ2v) is 5.04. The third-order valence-electron chi connectivity index (χ3n) is 3.73. The van der Waals surface area contributed by atoms with Gasteiger partial charge in [-0.05, 0) is 45.8 Å². The lowest BCUT2D eigenvalue weighted by atomic mass is 10.1. The fraction of sp³-hybridized carbons (Fsp3) is 1.00. The summed E-state index contributed by atoms with van der Waals surface area (Å²) in [6.07, 6.45) is 6.85. The fourth-order valence-corrected chi connectivity index (χ4v) is 2.14. The van der Waals surface area contributed by atoms with Gasteiger partial charge < -0.3 is 5.32 Å². The van der Waals surface area contributed by atoms with E-state index in [1.165, 1.54) is 51.7 Å². The van der Waals surface area contributed by atoms with Crippen LogP contribution in [0.2, 0.25) is 0 Å². The summed E-state index contributed by atoms with van der Waals surface area (Å²) < 4.78 is 0. The molecule has 2 heteroatoms. The summed E-state index contributed by atoms with van der Waals surface area (Å²) in [6, 6.07) is 0. The lowest BCUT2D eigenvalue weighted by molar-refractivity contribution is 0.400. The minimum Gasteiger partial charge on any atom is -0.317 e. The zero-order valence-corrected chi connectivity index (χ0v) is 10.8. The van der Waals surface area contributed by atoms with Crippen LogP contribution in [-0.2, 0) is 0 Å². The number of rotatable bonds is 9. The molecule has 0 aromatic heterocycles. The molecule has 0 aromatic rings. The molecule has 2 unspecified atom stereocenters. The number of nitrogens with zero attached hydrogens (tertiary/aromatic N) is 1. The maximum absolute atomic E-state index is 3.37. The van der Waals surface area contributed by atoms with E-state index < -0.39 is 0 Å². The SMILES string of the molecule is CCNCCCCCCN1CC1(C)CC. The van der Waals surface area contributed by atoms with Gasteiger partial charge in [-0.2, -0.15) is 0 Å². The highest BCUT2D eigenvalue weighted by molar-refractivity contribution is 5.01. The summed E-state index contributed by atoms with van der Waals surface area (Å²) in [5.74, 6) is 0. The van der Waals surface area contributed by atoms with Crippen LogP contribution in [0.3, 0.4) is 0 Å². The van der Waals surface area contributed by atoms with Gasteiger partial charge in [0.25, 0.3) is 0 Å². The summed E-state index contributed by atoms with van der Waals surface area (Å²) in [7, 11) is 0. The minimum atomic E-state index is 0.573. The van der Waals surface area contributed by atoms with Crippen molar-refractivity contribution in [3.05, 3.63) is 0 Å². The molecule has 1 N–H and O–H groups in total. The molecule has 1 rings (SSSR count). The van der Waals surface area contributed by atoms with E-state index in [0.29, 0.717) is 5.54 Å². The van der Waals surface area contributed by atoms with Crippen molar-refractivity contribution in [3.8, 4) is 0 Å². The van der Waals surface area contributed by atoms with Gasteiger partial charge in [-0.25, -0.2) is 0 Å². The summed E-state index contributed by atoms with van der Waals surface area (Å²) in [5.41, 5.74) is 0.573. The van der Waals surface area contributed by atoms with Crippen LogP contribution in [0, 0.1) is 0 Å². The minimum absolute atomic E-state index is 0.573. The van der Waals surface area contributed by atoms with E-state index in [9.17, 15) is 0 Å². The Morgan fingerprint density at radius 1 is 1.13 bits per heavy atom. The molecule has 0 amide bonds. The van der Waals surface area contributed by atoms with Gasteiger partial charge in [0.2, 0.25) is 0 Å². The van der Waals surface area contributed by atoms with Gasteiger partial charge in [0.1, 0.15) is 0 Å². The molecule has 90 valence electrons. The molecule has 15 heavy (non-hydrogen) atoms. The van der Waals surface area contributed by atoms with Crippen LogP contribution in [0.1, 0.15) is 52.9 Å². The van der Waals surface area contributed by atoms with Gasteiger partial charge in [-0.15, -0.1) is 0 Å². The molecular weight excluding hydrogens is 184 g/mol. The van der Waals surface area contributed by atoms with Crippen molar-refractivity contribution in [3.63, 3.8) is 0 Å². The first kappa shape index (κ1) is 13.0. The van der Waals surface area contributed by atoms with Gasteiger partial charge in [0, 0.05) is 12.1 Å². The summed E-state index contributed by atoms with van der Waals surface area (Å²) in [5, 5.41) is 3.37. The molecule has 1 fully saturated rings. The molecule has 0 spiro atoms. The first-order valence-corrected chi connectivity index (χ1v) is 6.68. The molecule has 1 aliphatic rings. The molecular formula is C13H28N2. The van der Waals surface area contributed by atoms with E-state index in [1.54, 1.807) is 0 Å². The zero-order chi connectivity index (χ0) is 11.1. The highest BCUT2D eigenvalue weighted by Crippen LogP contribution is 2.34. The Balaban J connectivity index is 1.82. The molecule has 0 saturated carbocycles. The quantitative estimate of drug-likeness (QED) is 0.467. The predicted octanol–water partition coefficient (Wildman–Crippen LogP) is 2.64. The van der Waals surface area contributed by atoms with E-state index in [0.717, 1.165) is 6.54 Å². The van der Waals surface area contributed by atoms with Crippen molar-refractivity contribution < 1.29 is 0 Å². The second-order valence-electron chi connectivity index (χ2n) is 5.04. The van der Waals surface area contributed by atoms with Gasteiger partial charge >= 0.3 is 0 Å². The normalized spacial score (nSPS) is 29.4. The monoisotopic (exact) mass is 212 g/mol. The Bertz CT molecular complexity index is 170. The van der Waals surface area contributed by atoms with E-state index in [-0.39, 0.29) is 0 Å². The largest absolute Gasteiger partial charge is 0.317 e. The molecule has 2 atom stereocenters. The molecule has 1 heterocycles. The average Bonchev–Trinajstić information content (AvgIpc) is 2.90. The topological polar surface area (TPSA) is 15.0 Å². The van der Waals surface area contributed by atoms with Crippen LogP contribution in [0.15, 0.2) is 0 Å². The van der Waals surface area contributed by atoms with Crippen LogP contribution in [0.4, 0.5) is 0 Å². The van der Waals surface area contributed by atoms with Crippen LogP contribution in [0.5, 0.6) is 0 Å². The maximum Gasteiger partial charge on any atom is 0.0306 e. The van der Waals surface area contributed by atoms with Crippen molar-refractivity contribution in [2.24, 2.45) is 0 Å². The Hall–Kier alpha value is -0.0800. The van der Waals surface area contributed by atoms with Crippen molar-refractivity contribution in [2.45, 2.75) is 58.4 Å². The standard InChI is InChI=1S/C13H28N2/c1-4-13(3)12-15(13)11-9-7-6-8-10-14-5-2/h14H,4-12H2,1-3H3. The van der Waals surface area contributed by atoms with Crippen molar-refractivity contribution in [1.29, 1.82) is 0 Å². The fourth-order valence-electron chi connectivity index (χ4n) is 2.14. The highest BCUT2D eigenvalue weighted by Gasteiger charge is 2.44. The third kappa shape index (κ3) is 4.52. The van der Waals surface area contributed by atoms with E-state index in [4.69, 9.17) is 0 Å². The van der Waals surface area contributed by atoms with Crippen LogP contribution < -0.4 is 5.32 Å². The number of hydrogen-bond donors (Lipinski definition) is 1. The van der Waals surface area contributed by atoms with Crippen LogP contribution >= 0.6 is 0 Å². The van der Waals surface area contributed by atoms with Gasteiger partial charge in [-0.3, -0.25) is 4.90 Å². The van der Waals surface area contributed by atoms with E-state index >= 15 is 0 Å². The first-order valence-electron chi connectivity index (χ1n) is 6.68. The number of nitrogens with one attached hydrogen (secondary N) is 1. The van der Waals surface area contributed by atoms with E-state index in [1.807, 2.05) is 0 Å². The summed E-state index contributed by atoms with van der Waals surface area (Å²) >= 11 is 0. The molecule has 1 aliphatic heterocycles. The van der Waals surface area contributed by atoms with Crippen LogP contribution in [-0.4, -0.2) is 36.6 Å². The van der Waals surface area contributed by atoms with Gasteiger partial charge in [0.05, 0.1) is 0 Å². The smallest absolute Gasteiger partial charge is 0.0306 e. The number of hydrogen-bond acceptors (Lipinski definition) is 2. The Morgan fingerprint density at radius 3 is 2.47 bits per heavy atom. The summed E-state index contributed by atoms with van der Waals surface area (Å²) in [6.45, 7) is 11.8. The third-order valence-corrected chi connectivity index (χ3v) is 3.73. The molecule has 0 radical (unpaired) electrons. The second kappa shape index (κ2) is 6.49. The van der Waals surface area contributed by atoms with Gasteiger partial charge in [0.15, 0.2) is 0 Å². The van der Waals surface area contributed by atoms with Gasteiger partial charge in [-0.1, -0.05) is 26.7 Å². The van der Waals surface area contributed by atoms with Crippen molar-refractivity contribution >= 4 is 0 Å². The lowest BCUT2D eigenvalue weighted by Crippen LogP contribution is -2.15. The average molecular weight is 212 g/mol. The molecule has 1 saturated heterocycles. The molecule has 0 aliphatic carbocycles. The Morgan fingerprint density at radius 2 is 1.87 bits per heavy atom. The molecule has 2 nitrogen and oxygen atoms in total. The highest BCUT2D eigenvalue weighted by atomic mass is 15.3. The lowest BCUT2D eigenvalue weighted by Gasteiger charge is -2.09. The van der Waals surface area contributed by atoms with Crippen molar-refractivity contribution in [2.75, 3.05) is 26.2 Å². The Kier molecular flexibility index (Phi) is 5.62. The zero-order valence-electron chi connectivity index (χ0n) is 10.8. The summed E-state index contributed by atoms with van der Waals surface area (Å²) in [4.78, 5) is 2.62. The predicted molar refractivity (Wildman–Crippen MR) is 67.3 cm³/mol. The number of unbranched alkanes of at least 4 members (excludes halogenated alkanes) is 3. The first-order chi connectivity index (χ1) is 7.23. The van der Waals surface area contributed by atoms with E-state index in [2.05, 4.69) is 31.0 Å². The van der Waals surface area contributed by atoms with Crippen LogP contribution in [0.25, 0.3) is 0 Å².